The molecule has 4 rings (SSSR count). The highest BCUT2D eigenvalue weighted by atomic mass is 35.5. The summed E-state index contributed by atoms with van der Waals surface area (Å²) in [5.41, 5.74) is 4.43. The van der Waals surface area contributed by atoms with Crippen LogP contribution in [0, 0.1) is 17.0 Å². The highest BCUT2D eigenvalue weighted by Crippen LogP contribution is 2.32. The number of fused-ring (bicyclic) bond motifs is 1. The molecule has 2 aromatic carbocycles. The van der Waals surface area contributed by atoms with Crippen LogP contribution in [-0.4, -0.2) is 26.6 Å². The van der Waals surface area contributed by atoms with Gasteiger partial charge in [0.1, 0.15) is 23.9 Å². The number of aromatic nitrogens is 2. The van der Waals surface area contributed by atoms with Crippen LogP contribution in [0.3, 0.4) is 0 Å². The van der Waals surface area contributed by atoms with Gasteiger partial charge in [-0.15, -0.1) is 0 Å². The van der Waals surface area contributed by atoms with Crippen molar-refractivity contribution in [1.82, 2.24) is 15.0 Å². The second-order valence-corrected chi connectivity index (χ2v) is 7.06. The summed E-state index contributed by atoms with van der Waals surface area (Å²) < 4.78 is 7.43. The van der Waals surface area contributed by atoms with E-state index in [1.165, 1.54) is 24.4 Å². The number of hydrogen-bond donors (Lipinski definition) is 1. The van der Waals surface area contributed by atoms with E-state index >= 15 is 0 Å². The highest BCUT2D eigenvalue weighted by molar-refractivity contribution is 6.33. The largest absolute Gasteiger partial charge is 0.455 e. The number of para-hydroxylation sites is 2. The standard InChI is InChI=1S/C21H16ClN5O4/c1-13-24-18-4-2-3-5-19(18)26(13)12-21(28)25-23-11-15-7-9-20(31-15)16-10-14(27(29)30)6-8-17(16)22/h2-11H,12H2,1H3,(H,25,28)/b23-11+. The molecule has 0 unspecified atom stereocenters. The summed E-state index contributed by atoms with van der Waals surface area (Å²) in [5.74, 6) is 1.10. The average Bonchev–Trinajstić information content (AvgIpc) is 3.33. The number of hydrogen-bond acceptors (Lipinski definition) is 6. The number of non-ortho nitro benzene ring substituents is 1. The molecule has 1 amide bonds. The number of nitro benzene ring substituents is 1. The lowest BCUT2D eigenvalue weighted by Gasteiger charge is -2.05. The van der Waals surface area contributed by atoms with Gasteiger partial charge in [-0.2, -0.15) is 5.10 Å². The molecule has 0 saturated carbocycles. The topological polar surface area (TPSA) is 116 Å². The summed E-state index contributed by atoms with van der Waals surface area (Å²) in [4.78, 5) is 27.2. The summed E-state index contributed by atoms with van der Waals surface area (Å²) in [5, 5.41) is 15.2. The van der Waals surface area contributed by atoms with Gasteiger partial charge in [0.15, 0.2) is 0 Å². The van der Waals surface area contributed by atoms with Gasteiger partial charge in [-0.3, -0.25) is 14.9 Å². The Labute approximate surface area is 181 Å². The first-order valence-electron chi connectivity index (χ1n) is 9.20. The first-order valence-corrected chi connectivity index (χ1v) is 9.58. The zero-order valence-electron chi connectivity index (χ0n) is 16.3. The first kappa shape index (κ1) is 20.3. The lowest BCUT2D eigenvalue weighted by atomic mass is 10.1. The monoisotopic (exact) mass is 437 g/mol. The van der Waals surface area contributed by atoms with E-state index in [1.54, 1.807) is 16.7 Å². The van der Waals surface area contributed by atoms with Crippen LogP contribution in [-0.2, 0) is 11.3 Å². The van der Waals surface area contributed by atoms with Crippen LogP contribution < -0.4 is 5.43 Å². The van der Waals surface area contributed by atoms with E-state index in [0.717, 1.165) is 16.9 Å². The van der Waals surface area contributed by atoms with Gasteiger partial charge in [-0.25, -0.2) is 10.4 Å². The van der Waals surface area contributed by atoms with Gasteiger partial charge in [-0.05, 0) is 37.3 Å². The quantitative estimate of drug-likeness (QED) is 0.274. The van der Waals surface area contributed by atoms with E-state index in [0.29, 0.717) is 22.1 Å². The predicted molar refractivity (Wildman–Crippen MR) is 116 cm³/mol. The zero-order chi connectivity index (χ0) is 22.0. The fourth-order valence-corrected chi connectivity index (χ4v) is 3.34. The summed E-state index contributed by atoms with van der Waals surface area (Å²) in [6.45, 7) is 1.90. The summed E-state index contributed by atoms with van der Waals surface area (Å²) in [6.07, 6.45) is 1.34. The molecule has 0 aliphatic rings. The van der Waals surface area contributed by atoms with E-state index in [-0.39, 0.29) is 18.1 Å². The van der Waals surface area contributed by atoms with Crippen LogP contribution >= 0.6 is 11.6 Å². The number of amides is 1. The van der Waals surface area contributed by atoms with Crippen molar-refractivity contribution in [3.63, 3.8) is 0 Å². The fraction of sp³-hybridized carbons (Fsp3) is 0.0952. The Balaban J connectivity index is 1.44. The van der Waals surface area contributed by atoms with Crippen molar-refractivity contribution >= 4 is 40.4 Å². The number of nitrogens with zero attached hydrogens (tertiary/aromatic N) is 4. The van der Waals surface area contributed by atoms with Gasteiger partial charge in [0.25, 0.3) is 11.6 Å². The average molecular weight is 438 g/mol. The fourth-order valence-electron chi connectivity index (χ4n) is 3.13. The number of halogens is 1. The van der Waals surface area contributed by atoms with E-state index in [2.05, 4.69) is 15.5 Å². The van der Waals surface area contributed by atoms with Crippen LogP contribution in [0.1, 0.15) is 11.6 Å². The number of hydrazone groups is 1. The van der Waals surface area contributed by atoms with Crippen molar-refractivity contribution < 1.29 is 14.1 Å². The Kier molecular flexibility index (Phi) is 5.50. The molecule has 31 heavy (non-hydrogen) atoms. The van der Waals surface area contributed by atoms with Crippen LogP contribution in [0.15, 0.2) is 64.1 Å². The van der Waals surface area contributed by atoms with Gasteiger partial charge in [0, 0.05) is 17.7 Å². The predicted octanol–water partition coefficient (Wildman–Crippen LogP) is 4.32. The number of furan rings is 1. The lowest BCUT2D eigenvalue weighted by Crippen LogP contribution is -2.23. The van der Waals surface area contributed by atoms with Crippen LogP contribution in [0.25, 0.3) is 22.4 Å². The molecule has 156 valence electrons. The molecule has 0 aliphatic heterocycles. The van der Waals surface area contributed by atoms with Gasteiger partial charge in [0.2, 0.25) is 0 Å². The zero-order valence-corrected chi connectivity index (χ0v) is 17.0. The van der Waals surface area contributed by atoms with Crippen LogP contribution in [0.4, 0.5) is 5.69 Å². The summed E-state index contributed by atoms with van der Waals surface area (Å²) >= 11 is 6.13. The SMILES string of the molecule is Cc1nc2ccccc2n1CC(=O)N/N=C/c1ccc(-c2cc([N+](=O)[O-])ccc2Cl)o1. The number of rotatable bonds is 6. The van der Waals surface area contributed by atoms with Gasteiger partial charge in [0.05, 0.1) is 27.2 Å². The van der Waals surface area contributed by atoms with Crippen molar-refractivity contribution in [3.8, 4) is 11.3 Å². The maximum absolute atomic E-state index is 12.3. The van der Waals surface area contributed by atoms with Gasteiger partial charge in [-0.1, -0.05) is 23.7 Å². The smallest absolute Gasteiger partial charge is 0.270 e. The Morgan fingerprint density at radius 2 is 2.10 bits per heavy atom. The van der Waals surface area contributed by atoms with E-state index < -0.39 is 4.92 Å². The molecule has 1 N–H and O–H groups in total. The molecule has 0 saturated heterocycles. The number of nitrogens with one attached hydrogen (secondary N) is 1. The molecule has 0 fully saturated rings. The Morgan fingerprint density at radius 1 is 1.29 bits per heavy atom. The van der Waals surface area contributed by atoms with Gasteiger partial charge >= 0.3 is 0 Å². The lowest BCUT2D eigenvalue weighted by molar-refractivity contribution is -0.384. The van der Waals surface area contributed by atoms with Crippen molar-refractivity contribution in [1.29, 1.82) is 0 Å². The van der Waals surface area contributed by atoms with Crippen molar-refractivity contribution in [2.24, 2.45) is 5.10 Å². The van der Waals surface area contributed by atoms with Crippen molar-refractivity contribution in [2.45, 2.75) is 13.5 Å². The molecule has 0 radical (unpaired) electrons. The number of imidazole rings is 1. The molecule has 9 nitrogen and oxygen atoms in total. The molecule has 2 aromatic heterocycles. The van der Waals surface area contributed by atoms with E-state index in [9.17, 15) is 14.9 Å². The van der Waals surface area contributed by atoms with Crippen molar-refractivity contribution in [3.05, 3.63) is 81.3 Å². The maximum Gasteiger partial charge on any atom is 0.270 e. The molecule has 0 aliphatic carbocycles. The second-order valence-electron chi connectivity index (χ2n) is 6.65. The third-order valence-corrected chi connectivity index (χ3v) is 4.91. The minimum absolute atomic E-state index is 0.0659. The number of carbonyl (C=O) groups excluding carboxylic acids is 1. The third-order valence-electron chi connectivity index (χ3n) is 4.58. The minimum atomic E-state index is -0.508. The Bertz CT molecular complexity index is 1320. The number of aryl methyl sites for hydroxylation is 1. The third kappa shape index (κ3) is 4.31. The molecule has 0 bridgehead atoms. The van der Waals surface area contributed by atoms with Gasteiger partial charge < -0.3 is 8.98 Å². The molecule has 2 heterocycles. The van der Waals surface area contributed by atoms with Crippen LogP contribution in [0.5, 0.6) is 0 Å². The Hall–Kier alpha value is -3.98. The molecule has 10 heteroatoms. The van der Waals surface area contributed by atoms with Crippen LogP contribution in [0.2, 0.25) is 5.02 Å². The molecular weight excluding hydrogens is 422 g/mol. The number of nitro groups is 1. The normalized spacial score (nSPS) is 11.3. The molecule has 0 atom stereocenters. The molecular formula is C21H16ClN5O4. The summed E-state index contributed by atoms with van der Waals surface area (Å²) in [6, 6.07) is 14.9. The highest BCUT2D eigenvalue weighted by Gasteiger charge is 2.14. The Morgan fingerprint density at radius 3 is 2.90 bits per heavy atom. The first-order chi connectivity index (χ1) is 14.9. The number of benzene rings is 2. The number of carbonyl (C=O) groups is 1. The maximum atomic E-state index is 12.3. The second kappa shape index (κ2) is 8.41. The minimum Gasteiger partial charge on any atom is -0.455 e. The van der Waals surface area contributed by atoms with E-state index in [4.69, 9.17) is 16.0 Å². The summed E-state index contributed by atoms with van der Waals surface area (Å²) in [7, 11) is 0. The molecule has 4 aromatic rings. The molecule has 0 spiro atoms. The van der Waals surface area contributed by atoms with Crippen molar-refractivity contribution in [2.75, 3.05) is 0 Å². The van der Waals surface area contributed by atoms with E-state index in [1.807, 2.05) is 31.2 Å².